The van der Waals surface area contributed by atoms with E-state index < -0.39 is 7.60 Å². The highest BCUT2D eigenvalue weighted by Crippen LogP contribution is 2.45. The van der Waals surface area contributed by atoms with Gasteiger partial charge in [0.2, 0.25) is 0 Å². The predicted molar refractivity (Wildman–Crippen MR) is 117 cm³/mol. The van der Waals surface area contributed by atoms with E-state index in [0.717, 1.165) is 43.4 Å². The molecule has 0 bridgehead atoms. The van der Waals surface area contributed by atoms with Crippen LogP contribution in [0.25, 0.3) is 0 Å². The van der Waals surface area contributed by atoms with Crippen LogP contribution in [0, 0.1) is 13.8 Å². The molecule has 1 heterocycles. The van der Waals surface area contributed by atoms with Crippen molar-refractivity contribution >= 4 is 24.7 Å². The lowest BCUT2D eigenvalue weighted by Crippen LogP contribution is -1.97. The van der Waals surface area contributed by atoms with Crippen molar-refractivity contribution in [2.45, 2.75) is 65.7 Å². The van der Waals surface area contributed by atoms with Crippen molar-refractivity contribution < 1.29 is 18.8 Å². The number of hydrogen-bond donors (Lipinski definition) is 1. The molecule has 0 spiro atoms. The van der Waals surface area contributed by atoms with Crippen LogP contribution in [-0.4, -0.2) is 16.8 Å². The summed E-state index contributed by atoms with van der Waals surface area (Å²) >= 11 is 1.16. The van der Waals surface area contributed by atoms with E-state index in [1.165, 1.54) is 16.7 Å². The number of carbonyl (C=O) groups is 1. The van der Waals surface area contributed by atoms with Crippen LogP contribution in [0.3, 0.4) is 0 Å². The molecule has 1 aromatic heterocycles. The van der Waals surface area contributed by atoms with Gasteiger partial charge in [-0.1, -0.05) is 49.3 Å². The third kappa shape index (κ3) is 7.54. The van der Waals surface area contributed by atoms with Crippen molar-refractivity contribution in [1.29, 1.82) is 0 Å². The Balaban J connectivity index is 1.77. The Morgan fingerprint density at radius 2 is 1.86 bits per heavy atom. The molecule has 2 rings (SSSR count). The molecule has 0 aliphatic carbocycles. The van der Waals surface area contributed by atoms with E-state index in [-0.39, 0.29) is 11.9 Å². The normalized spacial score (nSPS) is 13.3. The van der Waals surface area contributed by atoms with Gasteiger partial charge in [-0.3, -0.25) is 4.79 Å². The molecule has 28 heavy (non-hydrogen) atoms. The van der Waals surface area contributed by atoms with Crippen LogP contribution in [0.5, 0.6) is 5.06 Å². The molecule has 1 unspecified atom stereocenters. The minimum Gasteiger partial charge on any atom is -0.414 e. The molecular formula is C22H31O4PS. The zero-order chi connectivity index (χ0) is 20.6. The largest absolute Gasteiger partial charge is 0.414 e. The molecular weight excluding hydrogens is 391 g/mol. The Labute approximate surface area is 172 Å². The second kappa shape index (κ2) is 10.9. The Morgan fingerprint density at radius 1 is 1.07 bits per heavy atom. The van der Waals surface area contributed by atoms with E-state index >= 15 is 0 Å². The Morgan fingerprint density at radius 3 is 2.57 bits per heavy atom. The molecule has 0 saturated heterocycles. The molecule has 1 aromatic carbocycles. The third-order valence-corrected chi connectivity index (χ3v) is 7.31. The van der Waals surface area contributed by atoms with E-state index in [4.69, 9.17) is 4.52 Å². The number of unbranched alkanes of at least 4 members (excludes halogenated alkanes) is 3. The van der Waals surface area contributed by atoms with Crippen molar-refractivity contribution in [3.8, 4) is 5.06 Å². The molecule has 1 atom stereocenters. The van der Waals surface area contributed by atoms with Crippen LogP contribution in [0.2, 0.25) is 0 Å². The van der Waals surface area contributed by atoms with Gasteiger partial charge in [-0.15, -0.1) is 0 Å². The first kappa shape index (κ1) is 22.9. The lowest BCUT2D eigenvalue weighted by molar-refractivity contribution is 0.0983. The van der Waals surface area contributed by atoms with Gasteiger partial charge in [-0.2, -0.15) is 0 Å². The maximum Gasteiger partial charge on any atom is 0.377 e. The molecule has 0 fully saturated rings. The monoisotopic (exact) mass is 422 g/mol. The summed E-state index contributed by atoms with van der Waals surface area (Å²) in [5, 5.41) is 0.348. The summed E-state index contributed by atoms with van der Waals surface area (Å²) in [5.41, 5.74) is 3.91. The van der Waals surface area contributed by atoms with Gasteiger partial charge in [-0.05, 0) is 68.4 Å². The van der Waals surface area contributed by atoms with E-state index in [0.29, 0.717) is 22.8 Å². The van der Waals surface area contributed by atoms with Gasteiger partial charge in [0.05, 0.1) is 11.0 Å². The van der Waals surface area contributed by atoms with Crippen molar-refractivity contribution in [3.05, 3.63) is 51.9 Å². The van der Waals surface area contributed by atoms with Crippen LogP contribution >= 0.6 is 18.9 Å². The van der Waals surface area contributed by atoms with Gasteiger partial charge >= 0.3 is 7.60 Å². The van der Waals surface area contributed by atoms with E-state index in [1.54, 1.807) is 12.1 Å². The van der Waals surface area contributed by atoms with Crippen LogP contribution < -0.4 is 4.52 Å². The highest BCUT2D eigenvalue weighted by molar-refractivity contribution is 7.53. The van der Waals surface area contributed by atoms with Crippen molar-refractivity contribution in [2.75, 3.05) is 6.16 Å². The Bertz CT molecular complexity index is 828. The molecule has 0 aliphatic rings. The van der Waals surface area contributed by atoms with Gasteiger partial charge in [0, 0.05) is 6.42 Å². The SMILES string of the molecule is CCCCCP(=O)(O)Oc1ccc(C(=O)CCCCc2ccc(C)c(C)c2)s1. The number of benzene rings is 1. The van der Waals surface area contributed by atoms with Crippen molar-refractivity contribution in [2.24, 2.45) is 0 Å². The number of carbonyl (C=O) groups excluding carboxylic acids is 1. The summed E-state index contributed by atoms with van der Waals surface area (Å²) < 4.78 is 17.3. The molecule has 1 N–H and O–H groups in total. The summed E-state index contributed by atoms with van der Waals surface area (Å²) in [6.07, 6.45) is 5.96. The number of rotatable bonds is 12. The predicted octanol–water partition coefficient (Wildman–Crippen LogP) is 6.72. The molecule has 0 aliphatic heterocycles. The second-order valence-electron chi connectivity index (χ2n) is 7.33. The number of hydrogen-bond acceptors (Lipinski definition) is 4. The Kier molecular flexibility index (Phi) is 8.94. The molecule has 0 amide bonds. The Hall–Kier alpha value is -1.42. The van der Waals surface area contributed by atoms with Crippen LogP contribution in [0.1, 0.15) is 71.8 Å². The van der Waals surface area contributed by atoms with Crippen molar-refractivity contribution in [1.82, 2.24) is 0 Å². The quantitative estimate of drug-likeness (QED) is 0.234. The average Bonchev–Trinajstić information content (AvgIpc) is 3.09. The van der Waals surface area contributed by atoms with Gasteiger partial charge < -0.3 is 9.42 Å². The third-order valence-electron chi connectivity index (χ3n) is 4.82. The highest BCUT2D eigenvalue weighted by Gasteiger charge is 2.22. The smallest absolute Gasteiger partial charge is 0.377 e. The lowest BCUT2D eigenvalue weighted by Gasteiger charge is -2.11. The van der Waals surface area contributed by atoms with Crippen LogP contribution in [0.15, 0.2) is 30.3 Å². The summed E-state index contributed by atoms with van der Waals surface area (Å²) in [5.74, 6) is 0.0682. The maximum absolute atomic E-state index is 12.4. The lowest BCUT2D eigenvalue weighted by atomic mass is 10.0. The summed E-state index contributed by atoms with van der Waals surface area (Å²) in [7, 11) is -3.63. The maximum atomic E-state index is 12.4. The zero-order valence-corrected chi connectivity index (χ0v) is 18.8. The molecule has 6 heteroatoms. The minimum atomic E-state index is -3.63. The van der Waals surface area contributed by atoms with Gasteiger partial charge in [0.1, 0.15) is 0 Å². The fraction of sp³-hybridized carbons (Fsp3) is 0.500. The van der Waals surface area contributed by atoms with Gasteiger partial charge in [-0.25, -0.2) is 4.57 Å². The fourth-order valence-electron chi connectivity index (χ4n) is 2.96. The molecule has 0 radical (unpaired) electrons. The fourth-order valence-corrected chi connectivity index (χ4v) is 5.22. The first-order chi connectivity index (χ1) is 13.3. The number of ketones is 1. The number of thiophene rings is 1. The van der Waals surface area contributed by atoms with E-state index in [1.807, 2.05) is 6.92 Å². The summed E-state index contributed by atoms with van der Waals surface area (Å²) in [6.45, 7) is 6.27. The molecule has 4 nitrogen and oxygen atoms in total. The first-order valence-electron chi connectivity index (χ1n) is 10.0. The van der Waals surface area contributed by atoms with Gasteiger partial charge in [0.25, 0.3) is 0 Å². The topological polar surface area (TPSA) is 63.6 Å². The second-order valence-corrected chi connectivity index (χ2v) is 10.3. The summed E-state index contributed by atoms with van der Waals surface area (Å²) in [4.78, 5) is 22.9. The van der Waals surface area contributed by atoms with Crippen LogP contribution in [0.4, 0.5) is 0 Å². The molecule has 154 valence electrons. The average molecular weight is 423 g/mol. The van der Waals surface area contributed by atoms with Gasteiger partial charge in [0.15, 0.2) is 10.8 Å². The number of aryl methyl sites for hydroxylation is 3. The first-order valence-corrected chi connectivity index (χ1v) is 12.6. The standard InChI is InChI=1S/C22H31O4PS/c1-4-5-8-15-27(24,25)26-22-14-13-21(28-22)20(23)10-7-6-9-19-12-11-17(2)18(3)16-19/h11-14,16H,4-10,15H2,1-3H3,(H,24,25). The van der Waals surface area contributed by atoms with Crippen molar-refractivity contribution in [3.63, 3.8) is 0 Å². The zero-order valence-electron chi connectivity index (χ0n) is 17.1. The van der Waals surface area contributed by atoms with E-state index in [2.05, 4.69) is 32.0 Å². The van der Waals surface area contributed by atoms with Crippen LogP contribution in [-0.2, 0) is 11.0 Å². The van der Waals surface area contributed by atoms with E-state index in [9.17, 15) is 14.3 Å². The highest BCUT2D eigenvalue weighted by atomic mass is 32.1. The molecule has 0 saturated carbocycles. The number of Topliss-reactive ketones (excluding diaryl/α,β-unsaturated/α-hetero) is 1. The minimum absolute atomic E-state index is 0.0682. The molecule has 2 aromatic rings. The summed E-state index contributed by atoms with van der Waals surface area (Å²) in [6, 6.07) is 9.83.